The average molecular weight is 326 g/mol. The summed E-state index contributed by atoms with van der Waals surface area (Å²) in [5.74, 6) is -0.404. The third-order valence-electron chi connectivity index (χ3n) is 3.51. The summed E-state index contributed by atoms with van der Waals surface area (Å²) in [5, 5.41) is 0. The lowest BCUT2D eigenvalue weighted by molar-refractivity contribution is 0.0705. The molecule has 19 heavy (non-hydrogen) atoms. The molecule has 0 spiro atoms. The highest BCUT2D eigenvalue weighted by Gasteiger charge is 2.27. The molecule has 1 fully saturated rings. The van der Waals surface area contributed by atoms with Crippen molar-refractivity contribution in [2.75, 3.05) is 6.54 Å². The van der Waals surface area contributed by atoms with Gasteiger partial charge in [0.25, 0.3) is 5.91 Å². The van der Waals surface area contributed by atoms with Crippen LogP contribution in [0.5, 0.6) is 0 Å². The van der Waals surface area contributed by atoms with E-state index in [0.717, 1.165) is 25.7 Å². The molecular weight excluding hydrogens is 309 g/mol. The van der Waals surface area contributed by atoms with Crippen LogP contribution in [0.4, 0.5) is 4.39 Å². The van der Waals surface area contributed by atoms with Crippen molar-refractivity contribution in [3.05, 3.63) is 46.7 Å². The normalized spacial score (nSPS) is 15.5. The summed E-state index contributed by atoms with van der Waals surface area (Å²) in [6.45, 7) is 4.25. The second-order valence-corrected chi connectivity index (χ2v) is 5.66. The summed E-state index contributed by atoms with van der Waals surface area (Å²) in [6.07, 6.45) is 6.15. The van der Waals surface area contributed by atoms with Crippen LogP contribution in [0.25, 0.3) is 0 Å². The van der Waals surface area contributed by atoms with Gasteiger partial charge < -0.3 is 4.90 Å². The molecule has 1 aliphatic rings. The third-order valence-corrected chi connectivity index (χ3v) is 4.17. The van der Waals surface area contributed by atoms with Crippen LogP contribution in [0.2, 0.25) is 0 Å². The second-order valence-electron chi connectivity index (χ2n) is 4.81. The number of benzene rings is 1. The largest absolute Gasteiger partial charge is 0.332 e. The topological polar surface area (TPSA) is 20.3 Å². The molecule has 0 unspecified atom stereocenters. The average Bonchev–Trinajstić information content (AvgIpc) is 2.89. The molecule has 0 heterocycles. The monoisotopic (exact) mass is 325 g/mol. The Hall–Kier alpha value is -1.16. The van der Waals surface area contributed by atoms with Crippen LogP contribution >= 0.6 is 15.9 Å². The lowest BCUT2D eigenvalue weighted by atomic mass is 10.1. The van der Waals surface area contributed by atoms with Gasteiger partial charge in [-0.3, -0.25) is 4.79 Å². The molecule has 0 N–H and O–H groups in total. The highest BCUT2D eigenvalue weighted by atomic mass is 79.9. The van der Waals surface area contributed by atoms with Crippen LogP contribution in [0.3, 0.4) is 0 Å². The Morgan fingerprint density at radius 1 is 1.47 bits per heavy atom. The number of carbonyl (C=O) groups excluding carboxylic acids is 1. The maximum atomic E-state index is 13.1. The molecule has 0 saturated heterocycles. The number of halogens is 2. The van der Waals surface area contributed by atoms with Gasteiger partial charge in [0.15, 0.2) is 0 Å². The molecule has 0 aromatic heterocycles. The molecule has 1 amide bonds. The van der Waals surface area contributed by atoms with Crippen molar-refractivity contribution in [1.82, 2.24) is 4.90 Å². The zero-order chi connectivity index (χ0) is 13.8. The van der Waals surface area contributed by atoms with Crippen molar-refractivity contribution in [2.45, 2.75) is 31.7 Å². The summed E-state index contributed by atoms with van der Waals surface area (Å²) in [7, 11) is 0. The molecule has 1 saturated carbocycles. The molecule has 102 valence electrons. The van der Waals surface area contributed by atoms with E-state index in [4.69, 9.17) is 0 Å². The van der Waals surface area contributed by atoms with Crippen molar-refractivity contribution < 1.29 is 9.18 Å². The molecule has 1 aromatic carbocycles. The van der Waals surface area contributed by atoms with Crippen LogP contribution in [-0.4, -0.2) is 23.4 Å². The molecule has 0 atom stereocenters. The second kappa shape index (κ2) is 6.33. The Bertz CT molecular complexity index is 483. The van der Waals surface area contributed by atoms with Gasteiger partial charge in [0, 0.05) is 17.1 Å². The van der Waals surface area contributed by atoms with Crippen molar-refractivity contribution in [1.29, 1.82) is 0 Å². The van der Waals surface area contributed by atoms with Crippen LogP contribution in [0.1, 0.15) is 36.0 Å². The predicted octanol–water partition coefficient (Wildman–Crippen LogP) is 4.16. The number of nitrogens with zero attached hydrogens (tertiary/aromatic N) is 1. The van der Waals surface area contributed by atoms with E-state index in [1.165, 1.54) is 18.2 Å². The van der Waals surface area contributed by atoms with E-state index in [-0.39, 0.29) is 17.8 Å². The summed E-state index contributed by atoms with van der Waals surface area (Å²) in [6, 6.07) is 4.46. The van der Waals surface area contributed by atoms with E-state index < -0.39 is 0 Å². The molecule has 2 nitrogen and oxygen atoms in total. The van der Waals surface area contributed by atoms with Gasteiger partial charge in [-0.2, -0.15) is 0 Å². The van der Waals surface area contributed by atoms with Crippen molar-refractivity contribution >= 4 is 21.8 Å². The van der Waals surface area contributed by atoms with Crippen molar-refractivity contribution in [2.24, 2.45) is 0 Å². The molecule has 1 aromatic rings. The Balaban J connectivity index is 2.25. The highest BCUT2D eigenvalue weighted by molar-refractivity contribution is 9.10. The fourth-order valence-corrected chi connectivity index (χ4v) is 3.09. The van der Waals surface area contributed by atoms with Gasteiger partial charge in [0.1, 0.15) is 5.82 Å². The number of amides is 1. The maximum absolute atomic E-state index is 13.1. The lowest BCUT2D eigenvalue weighted by Crippen LogP contribution is -2.39. The van der Waals surface area contributed by atoms with E-state index in [1.807, 2.05) is 4.90 Å². The minimum atomic E-state index is -0.348. The Morgan fingerprint density at radius 3 is 2.74 bits per heavy atom. The minimum absolute atomic E-state index is 0.0568. The fourth-order valence-electron chi connectivity index (χ4n) is 2.57. The summed E-state index contributed by atoms with van der Waals surface area (Å²) in [5.41, 5.74) is 0.509. The van der Waals surface area contributed by atoms with E-state index in [9.17, 15) is 9.18 Å². The first-order chi connectivity index (χ1) is 9.13. The van der Waals surface area contributed by atoms with Crippen LogP contribution in [0.15, 0.2) is 35.3 Å². The first-order valence-electron chi connectivity index (χ1n) is 6.50. The number of rotatable bonds is 4. The van der Waals surface area contributed by atoms with Crippen molar-refractivity contribution in [3.63, 3.8) is 0 Å². The summed E-state index contributed by atoms with van der Waals surface area (Å²) in [4.78, 5) is 14.4. The zero-order valence-electron chi connectivity index (χ0n) is 10.7. The van der Waals surface area contributed by atoms with E-state index in [2.05, 4.69) is 22.5 Å². The first-order valence-corrected chi connectivity index (χ1v) is 7.29. The van der Waals surface area contributed by atoms with Crippen LogP contribution in [0, 0.1) is 5.82 Å². The summed E-state index contributed by atoms with van der Waals surface area (Å²) < 4.78 is 13.6. The standard InChI is InChI=1S/C15H17BrFNO/c1-2-9-18(12-5-3-4-6-12)15(19)13-8-7-11(17)10-14(13)16/h2,7-8,10,12H,1,3-6,9H2. The maximum Gasteiger partial charge on any atom is 0.255 e. The number of hydrogen-bond acceptors (Lipinski definition) is 1. The van der Waals surface area contributed by atoms with E-state index in [1.54, 1.807) is 6.08 Å². The Kier molecular flexibility index (Phi) is 4.75. The lowest BCUT2D eigenvalue weighted by Gasteiger charge is -2.28. The van der Waals surface area contributed by atoms with Crippen molar-refractivity contribution in [3.8, 4) is 0 Å². The van der Waals surface area contributed by atoms with Crippen LogP contribution < -0.4 is 0 Å². The smallest absolute Gasteiger partial charge is 0.255 e. The van der Waals surface area contributed by atoms with Gasteiger partial charge in [0.2, 0.25) is 0 Å². The van der Waals surface area contributed by atoms with Crippen LogP contribution in [-0.2, 0) is 0 Å². The first kappa shape index (κ1) is 14.3. The van der Waals surface area contributed by atoms with E-state index >= 15 is 0 Å². The highest BCUT2D eigenvalue weighted by Crippen LogP contribution is 2.27. The zero-order valence-corrected chi connectivity index (χ0v) is 12.3. The SMILES string of the molecule is C=CCN(C(=O)c1ccc(F)cc1Br)C1CCCC1. The quantitative estimate of drug-likeness (QED) is 0.761. The Morgan fingerprint density at radius 2 is 2.16 bits per heavy atom. The molecule has 0 radical (unpaired) electrons. The summed E-state index contributed by atoms with van der Waals surface area (Å²) >= 11 is 3.26. The van der Waals surface area contributed by atoms with E-state index in [0.29, 0.717) is 16.6 Å². The molecule has 0 bridgehead atoms. The van der Waals surface area contributed by atoms with Gasteiger partial charge in [0.05, 0.1) is 5.56 Å². The minimum Gasteiger partial charge on any atom is -0.332 e. The van der Waals surface area contributed by atoms with Gasteiger partial charge >= 0.3 is 0 Å². The van der Waals surface area contributed by atoms with Gasteiger partial charge in [-0.1, -0.05) is 18.9 Å². The number of carbonyl (C=O) groups is 1. The molecule has 4 heteroatoms. The third kappa shape index (κ3) is 3.24. The molecule has 0 aliphatic heterocycles. The van der Waals surface area contributed by atoms with Gasteiger partial charge in [-0.25, -0.2) is 4.39 Å². The fraction of sp³-hybridized carbons (Fsp3) is 0.400. The van der Waals surface area contributed by atoms with Gasteiger partial charge in [-0.15, -0.1) is 6.58 Å². The number of hydrogen-bond donors (Lipinski definition) is 0. The predicted molar refractivity (Wildman–Crippen MR) is 77.6 cm³/mol. The molecular formula is C15H17BrFNO. The molecule has 1 aliphatic carbocycles. The van der Waals surface area contributed by atoms with Gasteiger partial charge in [-0.05, 0) is 47.0 Å². The molecule has 2 rings (SSSR count). The Labute approximate surface area is 121 Å².